The zero-order valence-electron chi connectivity index (χ0n) is 18.4. The molecule has 176 valence electrons. The standard InChI is InChI=1S/C27H19Cl3N2O3/c1-16-2-3-17(14-23(16)29)25-12-9-21(35-25)10-13-26(33)31-19-5-7-20(8-6-19)32-27(34)22-11-4-18(28)15-24(22)30/h2-15H,1H3,(H,31,33)(H,32,34)/b13-10+. The number of halogens is 3. The molecule has 0 bridgehead atoms. The summed E-state index contributed by atoms with van der Waals surface area (Å²) in [6.45, 7) is 1.93. The number of rotatable bonds is 6. The third kappa shape index (κ3) is 6.34. The Morgan fingerprint density at radius 1 is 0.800 bits per heavy atom. The lowest BCUT2D eigenvalue weighted by atomic mass is 10.1. The van der Waals surface area contributed by atoms with Gasteiger partial charge in [-0.2, -0.15) is 0 Å². The van der Waals surface area contributed by atoms with Crippen molar-refractivity contribution < 1.29 is 14.0 Å². The lowest BCUT2D eigenvalue weighted by molar-refractivity contribution is -0.111. The number of aryl methyl sites for hydroxylation is 1. The minimum Gasteiger partial charge on any atom is -0.457 e. The molecule has 4 rings (SSSR count). The summed E-state index contributed by atoms with van der Waals surface area (Å²) in [4.78, 5) is 24.7. The predicted molar refractivity (Wildman–Crippen MR) is 142 cm³/mol. The van der Waals surface area contributed by atoms with Gasteiger partial charge < -0.3 is 15.1 Å². The molecule has 0 radical (unpaired) electrons. The number of furan rings is 1. The van der Waals surface area contributed by atoms with Crippen molar-refractivity contribution in [1.29, 1.82) is 0 Å². The van der Waals surface area contributed by atoms with Gasteiger partial charge in [0.1, 0.15) is 11.5 Å². The Kier molecular flexibility index (Phi) is 7.61. The largest absolute Gasteiger partial charge is 0.457 e. The van der Waals surface area contributed by atoms with Crippen molar-refractivity contribution in [3.05, 3.63) is 111 Å². The highest BCUT2D eigenvalue weighted by molar-refractivity contribution is 6.37. The Hall–Kier alpha value is -3.51. The van der Waals surface area contributed by atoms with Crippen LogP contribution in [0.15, 0.2) is 83.3 Å². The van der Waals surface area contributed by atoms with E-state index in [1.807, 2.05) is 31.2 Å². The smallest absolute Gasteiger partial charge is 0.257 e. The molecular formula is C27H19Cl3N2O3. The van der Waals surface area contributed by atoms with Crippen LogP contribution in [0.1, 0.15) is 21.7 Å². The average Bonchev–Trinajstić information content (AvgIpc) is 3.30. The Bertz CT molecular complexity index is 1430. The second-order valence-electron chi connectivity index (χ2n) is 7.64. The van der Waals surface area contributed by atoms with E-state index in [1.165, 1.54) is 12.1 Å². The molecular weight excluding hydrogens is 507 g/mol. The van der Waals surface area contributed by atoms with Gasteiger partial charge in [0, 0.05) is 33.1 Å². The fraction of sp³-hybridized carbons (Fsp3) is 0.0370. The van der Waals surface area contributed by atoms with Gasteiger partial charge in [-0.1, -0.05) is 46.9 Å². The van der Waals surface area contributed by atoms with E-state index >= 15 is 0 Å². The summed E-state index contributed by atoms with van der Waals surface area (Å²) >= 11 is 18.1. The first-order valence-corrected chi connectivity index (χ1v) is 11.6. The van der Waals surface area contributed by atoms with Crippen molar-refractivity contribution >= 4 is 64.1 Å². The van der Waals surface area contributed by atoms with Crippen LogP contribution in [0.3, 0.4) is 0 Å². The Morgan fingerprint density at radius 3 is 2.20 bits per heavy atom. The fourth-order valence-corrected chi connectivity index (χ4v) is 3.87. The zero-order chi connectivity index (χ0) is 24.9. The van der Waals surface area contributed by atoms with Gasteiger partial charge in [-0.15, -0.1) is 0 Å². The Balaban J connectivity index is 1.34. The number of hydrogen-bond acceptors (Lipinski definition) is 3. The molecule has 0 aliphatic carbocycles. The van der Waals surface area contributed by atoms with Gasteiger partial charge in [-0.3, -0.25) is 9.59 Å². The summed E-state index contributed by atoms with van der Waals surface area (Å²) in [6.07, 6.45) is 2.96. The van der Waals surface area contributed by atoms with Crippen molar-refractivity contribution in [2.45, 2.75) is 6.92 Å². The highest BCUT2D eigenvalue weighted by Gasteiger charge is 2.11. The lowest BCUT2D eigenvalue weighted by Crippen LogP contribution is -2.12. The van der Waals surface area contributed by atoms with Gasteiger partial charge in [-0.25, -0.2) is 0 Å². The second kappa shape index (κ2) is 10.8. The van der Waals surface area contributed by atoms with Crippen molar-refractivity contribution in [3.8, 4) is 11.3 Å². The number of carbonyl (C=O) groups excluding carboxylic acids is 2. The monoisotopic (exact) mass is 524 g/mol. The first kappa shape index (κ1) is 24.6. The molecule has 8 heteroatoms. The van der Waals surface area contributed by atoms with Gasteiger partial charge in [0.2, 0.25) is 5.91 Å². The summed E-state index contributed by atoms with van der Waals surface area (Å²) in [5.41, 5.74) is 3.27. The fourth-order valence-electron chi connectivity index (χ4n) is 3.19. The number of anilines is 2. The maximum atomic E-state index is 12.4. The van der Waals surface area contributed by atoms with Crippen LogP contribution in [-0.4, -0.2) is 11.8 Å². The summed E-state index contributed by atoms with van der Waals surface area (Å²) in [7, 11) is 0. The third-order valence-electron chi connectivity index (χ3n) is 5.07. The van der Waals surface area contributed by atoms with Gasteiger partial charge in [0.25, 0.3) is 5.91 Å². The van der Waals surface area contributed by atoms with E-state index in [9.17, 15) is 9.59 Å². The molecule has 1 aromatic heterocycles. The van der Waals surface area contributed by atoms with Crippen LogP contribution in [0.2, 0.25) is 15.1 Å². The Labute approximate surface area is 217 Å². The molecule has 0 saturated heterocycles. The number of nitrogens with one attached hydrogen (secondary N) is 2. The van der Waals surface area contributed by atoms with E-state index in [4.69, 9.17) is 39.2 Å². The first-order chi connectivity index (χ1) is 16.8. The molecule has 2 N–H and O–H groups in total. The van der Waals surface area contributed by atoms with E-state index in [-0.39, 0.29) is 16.8 Å². The normalized spacial score (nSPS) is 11.0. The molecule has 3 aromatic carbocycles. The van der Waals surface area contributed by atoms with E-state index in [1.54, 1.807) is 48.5 Å². The molecule has 0 unspecified atom stereocenters. The van der Waals surface area contributed by atoms with Crippen molar-refractivity contribution in [2.75, 3.05) is 10.6 Å². The zero-order valence-corrected chi connectivity index (χ0v) is 20.7. The third-order valence-corrected chi connectivity index (χ3v) is 6.02. The number of amides is 2. The van der Waals surface area contributed by atoms with Crippen molar-refractivity contribution in [3.63, 3.8) is 0 Å². The molecule has 5 nitrogen and oxygen atoms in total. The van der Waals surface area contributed by atoms with Gasteiger partial charge >= 0.3 is 0 Å². The minimum atomic E-state index is -0.364. The van der Waals surface area contributed by atoms with Crippen molar-refractivity contribution in [1.82, 2.24) is 0 Å². The molecule has 0 fully saturated rings. The molecule has 0 spiro atoms. The molecule has 0 aliphatic rings. The highest BCUT2D eigenvalue weighted by atomic mass is 35.5. The van der Waals surface area contributed by atoms with Crippen LogP contribution in [0, 0.1) is 6.92 Å². The predicted octanol–water partition coefficient (Wildman–Crippen LogP) is 8.12. The number of benzene rings is 3. The van der Waals surface area contributed by atoms with Gasteiger partial charge in [0.15, 0.2) is 0 Å². The van der Waals surface area contributed by atoms with E-state index in [2.05, 4.69) is 10.6 Å². The first-order valence-electron chi connectivity index (χ1n) is 10.5. The van der Waals surface area contributed by atoms with Gasteiger partial charge in [0.05, 0.1) is 10.6 Å². The maximum absolute atomic E-state index is 12.4. The van der Waals surface area contributed by atoms with Crippen LogP contribution in [0.25, 0.3) is 17.4 Å². The Morgan fingerprint density at radius 2 is 1.51 bits per heavy atom. The van der Waals surface area contributed by atoms with Crippen LogP contribution >= 0.6 is 34.8 Å². The summed E-state index contributed by atoms with van der Waals surface area (Å²) in [5, 5.41) is 6.88. The van der Waals surface area contributed by atoms with E-state index in [0.717, 1.165) is 11.1 Å². The molecule has 0 saturated carbocycles. The van der Waals surface area contributed by atoms with Gasteiger partial charge in [-0.05, 0) is 79.2 Å². The van der Waals surface area contributed by atoms with Crippen LogP contribution in [0.4, 0.5) is 11.4 Å². The lowest BCUT2D eigenvalue weighted by Gasteiger charge is -2.08. The van der Waals surface area contributed by atoms with Crippen LogP contribution in [0.5, 0.6) is 0 Å². The topological polar surface area (TPSA) is 71.3 Å². The second-order valence-corrected chi connectivity index (χ2v) is 8.90. The van der Waals surface area contributed by atoms with Crippen molar-refractivity contribution in [2.24, 2.45) is 0 Å². The minimum absolute atomic E-state index is 0.261. The van der Waals surface area contributed by atoms with Crippen LogP contribution in [-0.2, 0) is 4.79 Å². The number of carbonyl (C=O) groups is 2. The SMILES string of the molecule is Cc1ccc(-c2ccc(/C=C/C(=O)Nc3ccc(NC(=O)c4ccc(Cl)cc4Cl)cc3)o2)cc1Cl. The molecule has 0 aliphatic heterocycles. The average molecular weight is 526 g/mol. The molecule has 1 heterocycles. The highest BCUT2D eigenvalue weighted by Crippen LogP contribution is 2.27. The summed E-state index contributed by atoms with van der Waals surface area (Å²) in [6, 6.07) is 20.6. The molecule has 2 amide bonds. The maximum Gasteiger partial charge on any atom is 0.257 e. The summed E-state index contributed by atoms with van der Waals surface area (Å²) < 4.78 is 5.79. The quantitative estimate of drug-likeness (QED) is 0.250. The van der Waals surface area contributed by atoms with Crippen LogP contribution < -0.4 is 10.6 Å². The molecule has 0 atom stereocenters. The van der Waals surface area contributed by atoms with E-state index in [0.29, 0.717) is 38.5 Å². The molecule has 4 aromatic rings. The van der Waals surface area contributed by atoms with E-state index < -0.39 is 0 Å². The number of hydrogen-bond donors (Lipinski definition) is 2. The summed E-state index contributed by atoms with van der Waals surface area (Å²) in [5.74, 6) is 0.499. The molecule has 35 heavy (non-hydrogen) atoms.